The lowest BCUT2D eigenvalue weighted by Crippen LogP contribution is -1.92. The predicted molar refractivity (Wildman–Crippen MR) is 48.7 cm³/mol. The van der Waals surface area contributed by atoms with Crippen LogP contribution in [-0.4, -0.2) is 11.7 Å². The van der Waals surface area contributed by atoms with Gasteiger partial charge in [0.15, 0.2) is 0 Å². The zero-order chi connectivity index (χ0) is 8.97. The van der Waals surface area contributed by atoms with E-state index >= 15 is 0 Å². The highest BCUT2D eigenvalue weighted by Crippen LogP contribution is 2.23. The molecule has 66 valence electrons. The van der Waals surface area contributed by atoms with Gasteiger partial charge in [0, 0.05) is 0 Å². The number of benzene rings is 1. The molecular weight excluding hydrogens is 152 g/mol. The summed E-state index contributed by atoms with van der Waals surface area (Å²) in [4.78, 5) is 0. The van der Waals surface area contributed by atoms with Crippen molar-refractivity contribution in [3.8, 4) is 11.5 Å². The molecule has 0 bridgehead atoms. The first-order valence-corrected chi connectivity index (χ1v) is 4.22. The fourth-order valence-electron chi connectivity index (χ4n) is 1.10. The van der Waals surface area contributed by atoms with Gasteiger partial charge in [-0.15, -0.1) is 0 Å². The smallest absolute Gasteiger partial charge is 0.119 e. The second kappa shape index (κ2) is 4.00. The summed E-state index contributed by atoms with van der Waals surface area (Å²) in [5, 5.41) is 9.35. The van der Waals surface area contributed by atoms with Crippen molar-refractivity contribution >= 4 is 0 Å². The summed E-state index contributed by atoms with van der Waals surface area (Å²) >= 11 is 0. The molecule has 0 atom stereocenters. The van der Waals surface area contributed by atoms with Gasteiger partial charge in [-0.1, -0.05) is 6.92 Å². The number of rotatable bonds is 3. The Labute approximate surface area is 72.8 Å². The van der Waals surface area contributed by atoms with Gasteiger partial charge < -0.3 is 9.84 Å². The van der Waals surface area contributed by atoms with Gasteiger partial charge in [-0.05, 0) is 37.1 Å². The molecule has 0 aliphatic carbocycles. The van der Waals surface area contributed by atoms with Crippen molar-refractivity contribution in [2.45, 2.75) is 20.3 Å². The molecule has 0 fully saturated rings. The lowest BCUT2D eigenvalue weighted by Gasteiger charge is -2.06. The predicted octanol–water partition coefficient (Wildman–Crippen LogP) is 2.35. The standard InChI is InChI=1S/C10H14O2/c1-3-8-7-9(12-4-2)5-6-10(8)11/h5-7,11H,3-4H2,1-2H3. The minimum atomic E-state index is 0.348. The highest BCUT2D eigenvalue weighted by molar-refractivity contribution is 5.39. The van der Waals surface area contributed by atoms with E-state index in [0.29, 0.717) is 12.4 Å². The van der Waals surface area contributed by atoms with Crippen LogP contribution in [0, 0.1) is 0 Å². The average molecular weight is 166 g/mol. The third-order valence-electron chi connectivity index (χ3n) is 1.74. The molecule has 0 saturated heterocycles. The van der Waals surface area contributed by atoms with Crippen molar-refractivity contribution in [2.75, 3.05) is 6.61 Å². The SMILES string of the molecule is CCOc1ccc(O)c(CC)c1. The Hall–Kier alpha value is -1.18. The molecule has 0 amide bonds. The van der Waals surface area contributed by atoms with Crippen LogP contribution in [0.5, 0.6) is 11.5 Å². The third kappa shape index (κ3) is 1.91. The number of aromatic hydroxyl groups is 1. The van der Waals surface area contributed by atoms with E-state index in [1.54, 1.807) is 12.1 Å². The molecule has 1 aromatic rings. The molecule has 2 heteroatoms. The first kappa shape index (κ1) is 8.91. The molecule has 0 heterocycles. The van der Waals surface area contributed by atoms with Crippen LogP contribution in [-0.2, 0) is 6.42 Å². The second-order valence-corrected chi connectivity index (χ2v) is 2.58. The van der Waals surface area contributed by atoms with E-state index in [1.165, 1.54) is 0 Å². The Balaban J connectivity index is 2.89. The first-order valence-electron chi connectivity index (χ1n) is 4.22. The lowest BCUT2D eigenvalue weighted by molar-refractivity contribution is 0.339. The number of phenolic OH excluding ortho intramolecular Hbond substituents is 1. The van der Waals surface area contributed by atoms with E-state index in [9.17, 15) is 5.11 Å². The van der Waals surface area contributed by atoms with Crippen LogP contribution < -0.4 is 4.74 Å². The van der Waals surface area contributed by atoms with Gasteiger partial charge >= 0.3 is 0 Å². The summed E-state index contributed by atoms with van der Waals surface area (Å²) in [5.74, 6) is 1.17. The lowest BCUT2D eigenvalue weighted by atomic mass is 10.1. The minimum Gasteiger partial charge on any atom is -0.508 e. The fourth-order valence-corrected chi connectivity index (χ4v) is 1.10. The van der Waals surface area contributed by atoms with Crippen LogP contribution in [0.4, 0.5) is 0 Å². The molecule has 0 saturated carbocycles. The fraction of sp³-hybridized carbons (Fsp3) is 0.400. The van der Waals surface area contributed by atoms with E-state index in [0.717, 1.165) is 17.7 Å². The monoisotopic (exact) mass is 166 g/mol. The maximum atomic E-state index is 9.35. The first-order chi connectivity index (χ1) is 5.77. The number of hydrogen-bond acceptors (Lipinski definition) is 2. The van der Waals surface area contributed by atoms with E-state index in [4.69, 9.17) is 4.74 Å². The second-order valence-electron chi connectivity index (χ2n) is 2.58. The Morgan fingerprint density at radius 2 is 2.08 bits per heavy atom. The summed E-state index contributed by atoms with van der Waals surface area (Å²) in [7, 11) is 0. The molecule has 0 aliphatic rings. The highest BCUT2D eigenvalue weighted by Gasteiger charge is 2.00. The van der Waals surface area contributed by atoms with Crippen LogP contribution in [0.3, 0.4) is 0 Å². The van der Waals surface area contributed by atoms with Gasteiger partial charge in [0.05, 0.1) is 6.61 Å². The quantitative estimate of drug-likeness (QED) is 0.746. The molecule has 0 radical (unpaired) electrons. The Morgan fingerprint density at radius 1 is 1.33 bits per heavy atom. The number of ether oxygens (including phenoxy) is 1. The van der Waals surface area contributed by atoms with Crippen LogP contribution >= 0.6 is 0 Å². The molecule has 12 heavy (non-hydrogen) atoms. The van der Waals surface area contributed by atoms with E-state index in [-0.39, 0.29) is 0 Å². The van der Waals surface area contributed by atoms with Crippen molar-refractivity contribution in [2.24, 2.45) is 0 Å². The molecule has 1 aromatic carbocycles. The van der Waals surface area contributed by atoms with Crippen LogP contribution in [0.25, 0.3) is 0 Å². The summed E-state index contributed by atoms with van der Waals surface area (Å²) in [6.45, 7) is 4.61. The van der Waals surface area contributed by atoms with E-state index in [1.807, 2.05) is 19.9 Å². The van der Waals surface area contributed by atoms with E-state index in [2.05, 4.69) is 0 Å². The highest BCUT2D eigenvalue weighted by atomic mass is 16.5. The van der Waals surface area contributed by atoms with Crippen LogP contribution in [0.15, 0.2) is 18.2 Å². The Bertz CT molecular complexity index is 256. The summed E-state index contributed by atoms with van der Waals surface area (Å²) in [6.07, 6.45) is 0.826. The van der Waals surface area contributed by atoms with Crippen LogP contribution in [0.2, 0.25) is 0 Å². The number of aryl methyl sites for hydroxylation is 1. The summed E-state index contributed by atoms with van der Waals surface area (Å²) in [5.41, 5.74) is 0.931. The minimum absolute atomic E-state index is 0.348. The van der Waals surface area contributed by atoms with Gasteiger partial charge in [-0.25, -0.2) is 0 Å². The van der Waals surface area contributed by atoms with E-state index < -0.39 is 0 Å². The normalized spacial score (nSPS) is 9.83. The molecule has 0 unspecified atom stereocenters. The van der Waals surface area contributed by atoms with Gasteiger partial charge in [0.1, 0.15) is 11.5 Å². The van der Waals surface area contributed by atoms with Gasteiger partial charge in [-0.3, -0.25) is 0 Å². The Morgan fingerprint density at radius 3 is 2.67 bits per heavy atom. The number of phenols is 1. The topological polar surface area (TPSA) is 29.5 Å². The van der Waals surface area contributed by atoms with Crippen molar-refractivity contribution < 1.29 is 9.84 Å². The Kier molecular flexibility index (Phi) is 2.97. The molecule has 1 N–H and O–H groups in total. The zero-order valence-electron chi connectivity index (χ0n) is 7.50. The van der Waals surface area contributed by atoms with Crippen molar-refractivity contribution in [3.63, 3.8) is 0 Å². The number of hydrogen-bond donors (Lipinski definition) is 1. The molecule has 0 aromatic heterocycles. The van der Waals surface area contributed by atoms with Gasteiger partial charge in [0.25, 0.3) is 0 Å². The molecule has 2 nitrogen and oxygen atoms in total. The largest absolute Gasteiger partial charge is 0.508 e. The van der Waals surface area contributed by atoms with Crippen LogP contribution in [0.1, 0.15) is 19.4 Å². The van der Waals surface area contributed by atoms with Crippen molar-refractivity contribution in [1.82, 2.24) is 0 Å². The maximum absolute atomic E-state index is 9.35. The molecular formula is C10H14O2. The molecule has 0 aliphatic heterocycles. The van der Waals surface area contributed by atoms with Gasteiger partial charge in [0.2, 0.25) is 0 Å². The summed E-state index contributed by atoms with van der Waals surface area (Å²) in [6, 6.07) is 5.32. The summed E-state index contributed by atoms with van der Waals surface area (Å²) < 4.78 is 5.29. The molecule has 0 spiro atoms. The van der Waals surface area contributed by atoms with Crippen molar-refractivity contribution in [1.29, 1.82) is 0 Å². The van der Waals surface area contributed by atoms with Crippen molar-refractivity contribution in [3.05, 3.63) is 23.8 Å². The van der Waals surface area contributed by atoms with Gasteiger partial charge in [-0.2, -0.15) is 0 Å². The maximum Gasteiger partial charge on any atom is 0.119 e. The molecule has 1 rings (SSSR count). The zero-order valence-corrected chi connectivity index (χ0v) is 7.50. The third-order valence-corrected chi connectivity index (χ3v) is 1.74. The average Bonchev–Trinajstić information content (AvgIpc) is 2.09.